The molecule has 28 heavy (non-hydrogen) atoms. The molecule has 0 bridgehead atoms. The first-order valence-electron chi connectivity index (χ1n) is 9.25. The van der Waals surface area contributed by atoms with Crippen LogP contribution in [0.15, 0.2) is 24.3 Å². The molecule has 2 aliphatic rings. The highest BCUT2D eigenvalue weighted by molar-refractivity contribution is 5.96. The van der Waals surface area contributed by atoms with Crippen molar-refractivity contribution >= 4 is 5.91 Å². The molecule has 1 aromatic heterocycles. The van der Waals surface area contributed by atoms with Gasteiger partial charge in [-0.3, -0.25) is 4.79 Å². The van der Waals surface area contributed by atoms with Gasteiger partial charge >= 0.3 is 6.18 Å². The van der Waals surface area contributed by atoms with E-state index in [0.29, 0.717) is 11.4 Å². The molecule has 6 nitrogen and oxygen atoms in total. The van der Waals surface area contributed by atoms with E-state index in [1.54, 1.807) is 29.2 Å². The van der Waals surface area contributed by atoms with Crippen molar-refractivity contribution in [1.82, 2.24) is 20.0 Å². The molecule has 1 saturated heterocycles. The minimum atomic E-state index is -4.61. The number of hydrogen-bond acceptors (Lipinski definition) is 4. The molecular weight excluding hydrogens is 373 g/mol. The maximum absolute atomic E-state index is 13.6. The topological polar surface area (TPSA) is 59.4 Å². The van der Waals surface area contributed by atoms with Crippen molar-refractivity contribution in [3.05, 3.63) is 41.2 Å². The van der Waals surface area contributed by atoms with Gasteiger partial charge in [-0.2, -0.15) is 18.3 Å². The third-order valence-corrected chi connectivity index (χ3v) is 5.38. The van der Waals surface area contributed by atoms with Crippen molar-refractivity contribution in [3.8, 4) is 11.4 Å². The van der Waals surface area contributed by atoms with Crippen LogP contribution in [0.2, 0.25) is 0 Å². The molecule has 4 rings (SSSR count). The van der Waals surface area contributed by atoms with E-state index < -0.39 is 11.9 Å². The second-order valence-electron chi connectivity index (χ2n) is 7.01. The third kappa shape index (κ3) is 3.23. The Hall–Kier alpha value is -2.55. The highest BCUT2D eigenvalue weighted by Gasteiger charge is 2.44. The van der Waals surface area contributed by atoms with E-state index in [9.17, 15) is 18.0 Å². The lowest BCUT2D eigenvalue weighted by Gasteiger charge is -2.37. The Morgan fingerprint density at radius 1 is 1.18 bits per heavy atom. The first-order valence-corrected chi connectivity index (χ1v) is 9.25. The Morgan fingerprint density at radius 2 is 1.86 bits per heavy atom. The molecule has 0 saturated carbocycles. The smallest absolute Gasteiger partial charge is 0.435 e. The highest BCUT2D eigenvalue weighted by atomic mass is 19.4. The van der Waals surface area contributed by atoms with Crippen LogP contribution in [-0.4, -0.2) is 53.4 Å². The second kappa shape index (κ2) is 7.12. The summed E-state index contributed by atoms with van der Waals surface area (Å²) in [4.78, 5) is 14.9. The number of rotatable bonds is 3. The van der Waals surface area contributed by atoms with Gasteiger partial charge in [-0.25, -0.2) is 4.68 Å². The van der Waals surface area contributed by atoms with E-state index in [0.717, 1.165) is 30.6 Å². The van der Waals surface area contributed by atoms with Crippen LogP contribution >= 0.6 is 0 Å². The molecule has 9 heteroatoms. The largest absolute Gasteiger partial charge is 0.497 e. The molecule has 1 amide bonds. The SMILES string of the molecule is COc1ccc(-n2nc(C(F)(F)F)c3c2C(=O)N(C2CCNCC2)CC3)cc1. The van der Waals surface area contributed by atoms with E-state index in [2.05, 4.69) is 10.4 Å². The van der Waals surface area contributed by atoms with Crippen molar-refractivity contribution in [3.63, 3.8) is 0 Å². The number of hydrogen-bond donors (Lipinski definition) is 1. The molecule has 1 aromatic carbocycles. The summed E-state index contributed by atoms with van der Waals surface area (Å²) in [5.74, 6) is 0.190. The van der Waals surface area contributed by atoms with Crippen LogP contribution in [0, 0.1) is 0 Å². The summed E-state index contributed by atoms with van der Waals surface area (Å²) >= 11 is 0. The molecule has 150 valence electrons. The van der Waals surface area contributed by atoms with Crippen LogP contribution in [0.4, 0.5) is 13.2 Å². The first-order chi connectivity index (χ1) is 13.4. The number of piperidine rings is 1. The lowest BCUT2D eigenvalue weighted by Crippen LogP contribution is -2.49. The fourth-order valence-corrected chi connectivity index (χ4v) is 3.98. The number of ether oxygens (including phenoxy) is 1. The maximum Gasteiger partial charge on any atom is 0.435 e. The summed E-state index contributed by atoms with van der Waals surface area (Å²) in [6.45, 7) is 1.88. The minimum absolute atomic E-state index is 0.0153. The summed E-state index contributed by atoms with van der Waals surface area (Å²) < 4.78 is 47.0. The zero-order valence-corrected chi connectivity index (χ0v) is 15.4. The van der Waals surface area contributed by atoms with Crippen LogP contribution < -0.4 is 10.1 Å². The molecule has 2 aliphatic heterocycles. The molecule has 0 spiro atoms. The van der Waals surface area contributed by atoms with Gasteiger partial charge in [0.05, 0.1) is 12.8 Å². The van der Waals surface area contributed by atoms with Crippen molar-refractivity contribution < 1.29 is 22.7 Å². The van der Waals surface area contributed by atoms with Crippen LogP contribution in [0.3, 0.4) is 0 Å². The van der Waals surface area contributed by atoms with E-state index in [1.807, 2.05) is 0 Å². The summed E-state index contributed by atoms with van der Waals surface area (Å²) in [5.41, 5.74) is -0.578. The van der Waals surface area contributed by atoms with Gasteiger partial charge in [0.25, 0.3) is 5.91 Å². The highest BCUT2D eigenvalue weighted by Crippen LogP contribution is 2.37. The Bertz CT molecular complexity index is 871. The first kappa shape index (κ1) is 18.8. The number of halogens is 3. The molecule has 0 unspecified atom stereocenters. The van der Waals surface area contributed by atoms with Gasteiger partial charge in [-0.15, -0.1) is 0 Å². The van der Waals surface area contributed by atoms with Gasteiger partial charge in [0.1, 0.15) is 11.4 Å². The fraction of sp³-hybridized carbons (Fsp3) is 0.474. The Kier molecular flexibility index (Phi) is 4.78. The van der Waals surface area contributed by atoms with E-state index in [1.165, 1.54) is 7.11 Å². The number of methoxy groups -OCH3 is 1. The number of fused-ring (bicyclic) bond motifs is 1. The van der Waals surface area contributed by atoms with Gasteiger partial charge in [0.15, 0.2) is 5.69 Å². The maximum atomic E-state index is 13.6. The molecule has 0 aliphatic carbocycles. The van der Waals surface area contributed by atoms with Crippen LogP contribution in [0.25, 0.3) is 5.69 Å². The normalized spacial score (nSPS) is 18.3. The van der Waals surface area contributed by atoms with Gasteiger partial charge in [0.2, 0.25) is 0 Å². The van der Waals surface area contributed by atoms with Crippen LogP contribution in [0.1, 0.15) is 34.6 Å². The van der Waals surface area contributed by atoms with Crippen LogP contribution in [-0.2, 0) is 12.6 Å². The van der Waals surface area contributed by atoms with Crippen molar-refractivity contribution in [2.75, 3.05) is 26.7 Å². The predicted octanol–water partition coefficient (Wildman–Crippen LogP) is 2.65. The fourth-order valence-electron chi connectivity index (χ4n) is 3.98. The average Bonchev–Trinajstić information content (AvgIpc) is 3.10. The number of carbonyl (C=O) groups is 1. The minimum Gasteiger partial charge on any atom is -0.497 e. The van der Waals surface area contributed by atoms with Gasteiger partial charge in [-0.1, -0.05) is 0 Å². The Morgan fingerprint density at radius 3 is 2.46 bits per heavy atom. The monoisotopic (exact) mass is 394 g/mol. The lowest BCUT2D eigenvalue weighted by atomic mass is 9.97. The quantitative estimate of drug-likeness (QED) is 0.870. The number of carbonyl (C=O) groups excluding carboxylic acids is 1. The van der Waals surface area contributed by atoms with Gasteiger partial charge < -0.3 is 15.0 Å². The molecule has 0 radical (unpaired) electrons. The Labute approximate surface area is 160 Å². The summed E-state index contributed by atoms with van der Waals surface area (Å²) in [6.07, 6.45) is -2.87. The van der Waals surface area contributed by atoms with Crippen LogP contribution in [0.5, 0.6) is 5.75 Å². The molecule has 1 N–H and O–H groups in total. The zero-order valence-electron chi connectivity index (χ0n) is 15.4. The zero-order chi connectivity index (χ0) is 19.9. The van der Waals surface area contributed by atoms with Crippen molar-refractivity contribution in [1.29, 1.82) is 0 Å². The van der Waals surface area contributed by atoms with Crippen molar-refractivity contribution in [2.45, 2.75) is 31.5 Å². The molecule has 0 atom stereocenters. The number of aromatic nitrogens is 2. The Balaban J connectivity index is 1.79. The van der Waals surface area contributed by atoms with Gasteiger partial charge in [-0.05, 0) is 56.6 Å². The van der Waals surface area contributed by atoms with E-state index in [4.69, 9.17) is 4.74 Å². The molecule has 3 heterocycles. The third-order valence-electron chi connectivity index (χ3n) is 5.38. The lowest BCUT2D eigenvalue weighted by molar-refractivity contribution is -0.142. The van der Waals surface area contributed by atoms with Gasteiger partial charge in [0, 0.05) is 18.2 Å². The molecule has 1 fully saturated rings. The van der Waals surface area contributed by atoms with E-state index in [-0.39, 0.29) is 36.2 Å². The average molecular weight is 394 g/mol. The number of nitrogens with zero attached hydrogens (tertiary/aromatic N) is 3. The van der Waals surface area contributed by atoms with Crippen molar-refractivity contribution in [2.24, 2.45) is 0 Å². The summed E-state index contributed by atoms with van der Waals surface area (Å²) in [5, 5.41) is 7.05. The summed E-state index contributed by atoms with van der Waals surface area (Å²) in [7, 11) is 1.51. The predicted molar refractivity (Wildman–Crippen MR) is 95.8 cm³/mol. The number of amides is 1. The summed E-state index contributed by atoms with van der Waals surface area (Å²) in [6, 6.07) is 6.50. The standard InChI is InChI=1S/C19H21F3N4O2/c1-28-14-4-2-13(3-5-14)26-16-15(17(24-26)19(20,21)22)8-11-25(18(16)27)12-6-9-23-10-7-12/h2-5,12,23H,6-11H2,1H3. The second-order valence-corrected chi connectivity index (χ2v) is 7.01. The number of benzene rings is 1. The number of alkyl halides is 3. The number of nitrogens with one attached hydrogen (secondary N) is 1. The molecular formula is C19H21F3N4O2. The molecule has 2 aromatic rings. The van der Waals surface area contributed by atoms with E-state index >= 15 is 0 Å².